The van der Waals surface area contributed by atoms with Gasteiger partial charge in [0.05, 0.1) is 13.0 Å². The number of hydrogen-bond donors (Lipinski definition) is 1. The van der Waals surface area contributed by atoms with Crippen molar-refractivity contribution < 1.29 is 19.1 Å². The van der Waals surface area contributed by atoms with Crippen LogP contribution in [0.15, 0.2) is 11.5 Å². The summed E-state index contributed by atoms with van der Waals surface area (Å²) < 4.78 is 10.2. The van der Waals surface area contributed by atoms with Gasteiger partial charge in [0.2, 0.25) is 0 Å². The largest absolute Gasteiger partial charge is 0.490 e. The summed E-state index contributed by atoms with van der Waals surface area (Å²) in [5.74, 6) is 0.288. The molecule has 1 aliphatic rings. The second kappa shape index (κ2) is 4.55. The van der Waals surface area contributed by atoms with Gasteiger partial charge in [0, 0.05) is 0 Å². The second-order valence-electron chi connectivity index (χ2n) is 4.24. The van der Waals surface area contributed by atoms with Crippen molar-refractivity contribution in [3.05, 3.63) is 11.5 Å². The predicted octanol–water partition coefficient (Wildman–Crippen LogP) is 1.73. The van der Waals surface area contributed by atoms with E-state index in [1.807, 2.05) is 13.8 Å². The third-order valence-electron chi connectivity index (χ3n) is 2.15. The fraction of sp³-hybridized carbons (Fsp3) is 0.636. The van der Waals surface area contributed by atoms with Crippen molar-refractivity contribution in [2.45, 2.75) is 39.7 Å². The molecule has 1 aliphatic heterocycles. The average Bonchev–Trinajstić information content (AvgIpc) is 2.10. The highest BCUT2D eigenvalue weighted by atomic mass is 16.5. The Balaban J connectivity index is 2.79. The fourth-order valence-electron chi connectivity index (χ4n) is 1.60. The van der Waals surface area contributed by atoms with Crippen molar-refractivity contribution in [1.82, 2.24) is 5.32 Å². The lowest BCUT2D eigenvalue weighted by molar-refractivity contribution is -0.123. The van der Waals surface area contributed by atoms with Gasteiger partial charge in [-0.05, 0) is 27.7 Å². The van der Waals surface area contributed by atoms with Crippen LogP contribution in [-0.4, -0.2) is 24.1 Å². The number of hydrogen-bond acceptors (Lipinski definition) is 4. The molecule has 0 fully saturated rings. The van der Waals surface area contributed by atoms with Crippen LogP contribution in [0, 0.1) is 0 Å². The van der Waals surface area contributed by atoms with Gasteiger partial charge in [0.25, 0.3) is 0 Å². The van der Waals surface area contributed by atoms with Gasteiger partial charge < -0.3 is 9.47 Å². The number of alkyl carbamates (subject to hydrolysis) is 1. The molecular weight excluding hydrogens is 210 g/mol. The highest BCUT2D eigenvalue weighted by molar-refractivity contribution is 5.99. The lowest BCUT2D eigenvalue weighted by atomic mass is 9.96. The SMILES string of the molecule is CCOC(=O)NC1=C(C)OC(C)(C)CC1=O. The standard InChI is InChI=1S/C11H17NO4/c1-5-15-10(14)12-9-7(2)16-11(3,4)6-8(9)13/h5-6H2,1-4H3,(H,12,14). The summed E-state index contributed by atoms with van der Waals surface area (Å²) in [4.78, 5) is 22.9. The van der Waals surface area contributed by atoms with E-state index >= 15 is 0 Å². The van der Waals surface area contributed by atoms with E-state index in [1.165, 1.54) is 0 Å². The lowest BCUT2D eigenvalue weighted by Crippen LogP contribution is -2.39. The van der Waals surface area contributed by atoms with Gasteiger partial charge in [-0.25, -0.2) is 4.79 Å². The molecule has 5 nitrogen and oxygen atoms in total. The molecular formula is C11H17NO4. The number of carbonyl (C=O) groups excluding carboxylic acids is 2. The molecule has 0 spiro atoms. The molecule has 1 rings (SSSR count). The number of rotatable bonds is 2. The normalized spacial score (nSPS) is 19.1. The minimum Gasteiger partial charge on any atom is -0.490 e. The van der Waals surface area contributed by atoms with Crippen LogP contribution in [-0.2, 0) is 14.3 Å². The molecule has 1 N–H and O–H groups in total. The minimum atomic E-state index is -0.631. The van der Waals surface area contributed by atoms with E-state index in [-0.39, 0.29) is 24.5 Å². The van der Waals surface area contributed by atoms with Crippen LogP contribution >= 0.6 is 0 Å². The first-order valence-electron chi connectivity index (χ1n) is 5.22. The van der Waals surface area contributed by atoms with Gasteiger partial charge in [-0.1, -0.05) is 0 Å². The van der Waals surface area contributed by atoms with E-state index in [0.29, 0.717) is 5.76 Å². The Hall–Kier alpha value is -1.52. The Labute approximate surface area is 94.8 Å². The Kier molecular flexibility index (Phi) is 3.57. The van der Waals surface area contributed by atoms with E-state index in [2.05, 4.69) is 5.32 Å². The lowest BCUT2D eigenvalue weighted by Gasteiger charge is -2.32. The molecule has 0 aromatic rings. The smallest absolute Gasteiger partial charge is 0.411 e. The third-order valence-corrected chi connectivity index (χ3v) is 2.15. The maximum absolute atomic E-state index is 11.8. The molecule has 1 amide bonds. The van der Waals surface area contributed by atoms with Crippen LogP contribution in [0.4, 0.5) is 4.79 Å². The van der Waals surface area contributed by atoms with Crippen LogP contribution in [0.25, 0.3) is 0 Å². The monoisotopic (exact) mass is 227 g/mol. The molecule has 0 unspecified atom stereocenters. The van der Waals surface area contributed by atoms with Crippen LogP contribution in [0.2, 0.25) is 0 Å². The van der Waals surface area contributed by atoms with Gasteiger partial charge in [0.1, 0.15) is 17.1 Å². The number of nitrogens with one attached hydrogen (secondary N) is 1. The molecule has 0 saturated heterocycles. The first kappa shape index (κ1) is 12.5. The molecule has 16 heavy (non-hydrogen) atoms. The van der Waals surface area contributed by atoms with Crippen molar-refractivity contribution in [2.75, 3.05) is 6.61 Å². The highest BCUT2D eigenvalue weighted by Gasteiger charge is 2.33. The maximum atomic E-state index is 11.8. The first-order chi connectivity index (χ1) is 7.35. The van der Waals surface area contributed by atoms with Crippen LogP contribution in [0.1, 0.15) is 34.1 Å². The molecule has 0 aromatic heterocycles. The summed E-state index contributed by atoms with van der Waals surface area (Å²) in [6.07, 6.45) is -0.389. The number of amides is 1. The second-order valence-corrected chi connectivity index (χ2v) is 4.24. The molecule has 0 saturated carbocycles. The average molecular weight is 227 g/mol. The molecule has 1 heterocycles. The van der Waals surface area contributed by atoms with Gasteiger partial charge >= 0.3 is 6.09 Å². The summed E-state index contributed by atoms with van der Waals surface area (Å²) in [6.45, 7) is 7.27. The van der Waals surface area contributed by atoms with E-state index in [4.69, 9.17) is 9.47 Å². The summed E-state index contributed by atoms with van der Waals surface area (Å²) in [5, 5.41) is 2.40. The summed E-state index contributed by atoms with van der Waals surface area (Å²) in [6, 6.07) is 0. The van der Waals surface area contributed by atoms with Crippen LogP contribution in [0.5, 0.6) is 0 Å². The van der Waals surface area contributed by atoms with E-state index in [0.717, 1.165) is 0 Å². The topological polar surface area (TPSA) is 64.6 Å². The quantitative estimate of drug-likeness (QED) is 0.780. The summed E-state index contributed by atoms with van der Waals surface area (Å²) >= 11 is 0. The Morgan fingerprint density at radius 3 is 2.69 bits per heavy atom. The molecule has 0 bridgehead atoms. The Bertz CT molecular complexity index is 344. The zero-order valence-corrected chi connectivity index (χ0v) is 10.0. The number of ether oxygens (including phenoxy) is 2. The number of allylic oxidation sites excluding steroid dienone is 2. The van der Waals surface area contributed by atoms with Gasteiger partial charge in [-0.15, -0.1) is 0 Å². The number of carbonyl (C=O) groups is 2. The van der Waals surface area contributed by atoms with E-state index in [9.17, 15) is 9.59 Å². The molecule has 90 valence electrons. The van der Waals surface area contributed by atoms with Crippen molar-refractivity contribution in [3.8, 4) is 0 Å². The van der Waals surface area contributed by atoms with Crippen LogP contribution in [0.3, 0.4) is 0 Å². The van der Waals surface area contributed by atoms with Crippen molar-refractivity contribution in [2.24, 2.45) is 0 Å². The zero-order chi connectivity index (χ0) is 12.3. The number of ketones is 1. The van der Waals surface area contributed by atoms with Crippen molar-refractivity contribution in [3.63, 3.8) is 0 Å². The first-order valence-corrected chi connectivity index (χ1v) is 5.22. The third kappa shape index (κ3) is 2.98. The predicted molar refractivity (Wildman–Crippen MR) is 57.6 cm³/mol. The fourth-order valence-corrected chi connectivity index (χ4v) is 1.60. The van der Waals surface area contributed by atoms with E-state index in [1.54, 1.807) is 13.8 Å². The van der Waals surface area contributed by atoms with E-state index < -0.39 is 11.7 Å². The Morgan fingerprint density at radius 1 is 1.56 bits per heavy atom. The maximum Gasteiger partial charge on any atom is 0.411 e. The molecule has 5 heteroatoms. The van der Waals surface area contributed by atoms with Gasteiger partial charge in [0.15, 0.2) is 5.78 Å². The van der Waals surface area contributed by atoms with Crippen LogP contribution < -0.4 is 5.32 Å². The molecule has 0 aromatic carbocycles. The minimum absolute atomic E-state index is 0.137. The van der Waals surface area contributed by atoms with Crippen molar-refractivity contribution >= 4 is 11.9 Å². The molecule has 0 atom stereocenters. The Morgan fingerprint density at radius 2 is 2.19 bits per heavy atom. The molecule has 0 aliphatic carbocycles. The molecule has 0 radical (unpaired) electrons. The zero-order valence-electron chi connectivity index (χ0n) is 10.0. The summed E-state index contributed by atoms with van der Waals surface area (Å²) in [5.41, 5.74) is -0.321. The summed E-state index contributed by atoms with van der Waals surface area (Å²) in [7, 11) is 0. The number of Topliss-reactive ketones (excluding diaryl/α,β-unsaturated/α-hetero) is 1. The van der Waals surface area contributed by atoms with Gasteiger partial charge in [-0.3, -0.25) is 10.1 Å². The highest BCUT2D eigenvalue weighted by Crippen LogP contribution is 2.27. The van der Waals surface area contributed by atoms with Gasteiger partial charge in [-0.2, -0.15) is 0 Å². The van der Waals surface area contributed by atoms with Crippen molar-refractivity contribution in [1.29, 1.82) is 0 Å².